The molecule has 0 fully saturated rings. The molecule has 2 aromatic carbocycles. The van der Waals surface area contributed by atoms with Crippen LogP contribution in [0.2, 0.25) is 5.02 Å². The van der Waals surface area contributed by atoms with Gasteiger partial charge in [0.1, 0.15) is 10.6 Å². The number of benzene rings is 2. The fourth-order valence-corrected chi connectivity index (χ4v) is 4.09. The first-order chi connectivity index (χ1) is 11.7. The highest BCUT2D eigenvalue weighted by molar-refractivity contribution is 7.89. The second kappa shape index (κ2) is 6.29. The molecule has 2 N–H and O–H groups in total. The van der Waals surface area contributed by atoms with E-state index >= 15 is 0 Å². The maximum absolute atomic E-state index is 11.5. The number of halogens is 1. The van der Waals surface area contributed by atoms with Crippen LogP contribution in [0.5, 0.6) is 0 Å². The highest BCUT2D eigenvalue weighted by Gasteiger charge is 2.17. The molecule has 0 bridgehead atoms. The summed E-state index contributed by atoms with van der Waals surface area (Å²) in [7, 11) is -3.86. The van der Waals surface area contributed by atoms with Crippen molar-refractivity contribution in [2.24, 2.45) is 5.14 Å². The van der Waals surface area contributed by atoms with E-state index in [0.29, 0.717) is 11.3 Å². The lowest BCUT2D eigenvalue weighted by Crippen LogP contribution is -2.12. The number of aromatic nitrogens is 1. The summed E-state index contributed by atoms with van der Waals surface area (Å²) in [6.45, 7) is 6.11. The molecule has 130 valence electrons. The van der Waals surface area contributed by atoms with Crippen LogP contribution in [-0.2, 0) is 10.0 Å². The molecule has 0 atom stereocenters. The molecule has 0 aliphatic carbocycles. The molecule has 0 saturated carbocycles. The van der Waals surface area contributed by atoms with Gasteiger partial charge in [-0.3, -0.25) is 0 Å². The van der Waals surface area contributed by atoms with E-state index in [4.69, 9.17) is 21.3 Å². The van der Waals surface area contributed by atoms with Gasteiger partial charge in [-0.15, -0.1) is 0 Å². The Balaban J connectivity index is 2.05. The van der Waals surface area contributed by atoms with E-state index in [9.17, 15) is 8.42 Å². The molecule has 7 heteroatoms. The smallest absolute Gasteiger partial charge is 0.239 e. The molecule has 3 rings (SSSR count). The van der Waals surface area contributed by atoms with Crippen LogP contribution in [0, 0.1) is 20.8 Å². The molecule has 0 saturated heterocycles. The molecule has 0 spiro atoms. The summed E-state index contributed by atoms with van der Waals surface area (Å²) >= 11 is 6.03. The lowest BCUT2D eigenvalue weighted by molar-refractivity contribution is 0.435. The van der Waals surface area contributed by atoms with Crippen LogP contribution in [0.15, 0.2) is 45.8 Å². The van der Waals surface area contributed by atoms with E-state index in [1.54, 1.807) is 6.07 Å². The molecule has 5 nitrogen and oxygen atoms in total. The lowest BCUT2D eigenvalue weighted by Gasteiger charge is -2.07. The van der Waals surface area contributed by atoms with Crippen LogP contribution in [0.4, 0.5) is 0 Å². The lowest BCUT2D eigenvalue weighted by atomic mass is 9.97. The van der Waals surface area contributed by atoms with Crippen molar-refractivity contribution in [3.63, 3.8) is 0 Å². The van der Waals surface area contributed by atoms with Crippen LogP contribution >= 0.6 is 11.6 Å². The van der Waals surface area contributed by atoms with Gasteiger partial charge in [0.05, 0.1) is 5.02 Å². The van der Waals surface area contributed by atoms with Gasteiger partial charge < -0.3 is 4.52 Å². The third-order valence-corrected chi connectivity index (χ3v) is 5.36. The molecule has 0 aliphatic heterocycles. The largest absolute Gasteiger partial charge is 0.356 e. The highest BCUT2D eigenvalue weighted by Crippen LogP contribution is 2.33. The number of rotatable bonds is 3. The van der Waals surface area contributed by atoms with Crippen molar-refractivity contribution in [2.75, 3.05) is 0 Å². The second-order valence-corrected chi connectivity index (χ2v) is 7.98. The fourth-order valence-electron chi connectivity index (χ4n) is 3.00. The molecule has 0 unspecified atom stereocenters. The zero-order valence-electron chi connectivity index (χ0n) is 14.0. The van der Waals surface area contributed by atoms with E-state index < -0.39 is 10.0 Å². The van der Waals surface area contributed by atoms with E-state index in [2.05, 4.69) is 17.3 Å². The van der Waals surface area contributed by atoms with Gasteiger partial charge in [-0.05, 0) is 50.1 Å². The number of primary sulfonamides is 1. The number of aryl methyl sites for hydroxylation is 3. The molecule has 25 heavy (non-hydrogen) atoms. The Morgan fingerprint density at radius 2 is 1.68 bits per heavy atom. The van der Waals surface area contributed by atoms with Crippen molar-refractivity contribution in [1.29, 1.82) is 0 Å². The number of hydrogen-bond donors (Lipinski definition) is 1. The zero-order valence-corrected chi connectivity index (χ0v) is 15.6. The van der Waals surface area contributed by atoms with Crippen LogP contribution < -0.4 is 5.14 Å². The van der Waals surface area contributed by atoms with E-state index in [1.807, 2.05) is 26.8 Å². The van der Waals surface area contributed by atoms with Crippen molar-refractivity contribution in [3.8, 4) is 22.6 Å². The van der Waals surface area contributed by atoms with Crippen LogP contribution in [0.1, 0.15) is 16.7 Å². The normalized spacial score (nSPS) is 11.7. The maximum Gasteiger partial charge on any atom is 0.239 e. The summed E-state index contributed by atoms with van der Waals surface area (Å²) in [6, 6.07) is 10.4. The summed E-state index contributed by atoms with van der Waals surface area (Å²) < 4.78 is 28.3. The van der Waals surface area contributed by atoms with E-state index in [-0.39, 0.29) is 9.92 Å². The Bertz CT molecular complexity index is 1050. The average Bonchev–Trinajstić information content (AvgIpc) is 2.94. The summed E-state index contributed by atoms with van der Waals surface area (Å²) in [5.41, 5.74) is 5.77. The Kier molecular flexibility index (Phi) is 4.45. The van der Waals surface area contributed by atoms with Crippen molar-refractivity contribution < 1.29 is 12.9 Å². The van der Waals surface area contributed by atoms with Gasteiger partial charge in [0, 0.05) is 17.2 Å². The van der Waals surface area contributed by atoms with Gasteiger partial charge in [-0.2, -0.15) is 0 Å². The fraction of sp³-hybridized carbons (Fsp3) is 0.167. The first-order valence-corrected chi connectivity index (χ1v) is 9.47. The molecular weight excluding hydrogens is 360 g/mol. The minimum Gasteiger partial charge on any atom is -0.356 e. The summed E-state index contributed by atoms with van der Waals surface area (Å²) in [6.07, 6.45) is 0. The highest BCUT2D eigenvalue weighted by atomic mass is 35.5. The topological polar surface area (TPSA) is 86.2 Å². The zero-order chi connectivity index (χ0) is 18.4. The van der Waals surface area contributed by atoms with Gasteiger partial charge in [0.15, 0.2) is 5.76 Å². The average molecular weight is 377 g/mol. The number of nitrogens with zero attached hydrogens (tertiary/aromatic N) is 1. The first kappa shape index (κ1) is 17.7. The first-order valence-electron chi connectivity index (χ1n) is 7.54. The van der Waals surface area contributed by atoms with E-state index in [1.165, 1.54) is 17.7 Å². The third kappa shape index (κ3) is 3.46. The number of nitrogens with two attached hydrogens (primary N) is 1. The predicted octanol–water partition coefficient (Wildman–Crippen LogP) is 4.23. The molecule has 0 radical (unpaired) electrons. The van der Waals surface area contributed by atoms with Crippen molar-refractivity contribution in [3.05, 3.63) is 58.1 Å². The van der Waals surface area contributed by atoms with E-state index in [0.717, 1.165) is 22.4 Å². The number of sulfonamides is 1. The summed E-state index contributed by atoms with van der Waals surface area (Å²) in [5.74, 6) is 0.497. The Morgan fingerprint density at radius 1 is 1.04 bits per heavy atom. The molecule has 0 aliphatic rings. The van der Waals surface area contributed by atoms with Crippen molar-refractivity contribution >= 4 is 21.6 Å². The monoisotopic (exact) mass is 376 g/mol. The SMILES string of the molecule is Cc1cc(C)c(-c2cc(-c3ccc(S(N)(=O)=O)c(Cl)c3)on2)c(C)c1. The van der Waals surface area contributed by atoms with Gasteiger partial charge in [-0.25, -0.2) is 13.6 Å². The van der Waals surface area contributed by atoms with Gasteiger partial charge in [0.2, 0.25) is 10.0 Å². The maximum atomic E-state index is 11.5. The molecule has 1 heterocycles. The van der Waals surface area contributed by atoms with Crippen molar-refractivity contribution in [2.45, 2.75) is 25.7 Å². The van der Waals surface area contributed by atoms with Gasteiger partial charge >= 0.3 is 0 Å². The Morgan fingerprint density at radius 3 is 2.24 bits per heavy atom. The molecular formula is C18H17ClN2O3S. The minimum atomic E-state index is -3.86. The van der Waals surface area contributed by atoms with Crippen LogP contribution in [0.3, 0.4) is 0 Å². The quantitative estimate of drug-likeness (QED) is 0.740. The number of hydrogen-bond acceptors (Lipinski definition) is 4. The minimum absolute atomic E-state index is 0.0423. The molecule has 0 amide bonds. The Labute approximate surface area is 151 Å². The molecule has 3 aromatic rings. The summed E-state index contributed by atoms with van der Waals surface area (Å²) in [4.78, 5) is -0.122. The summed E-state index contributed by atoms with van der Waals surface area (Å²) in [5, 5.41) is 9.32. The van der Waals surface area contributed by atoms with Crippen LogP contribution in [-0.4, -0.2) is 13.6 Å². The van der Waals surface area contributed by atoms with Crippen molar-refractivity contribution in [1.82, 2.24) is 5.16 Å². The third-order valence-electron chi connectivity index (χ3n) is 3.97. The van der Waals surface area contributed by atoms with Crippen LogP contribution in [0.25, 0.3) is 22.6 Å². The van der Waals surface area contributed by atoms with Gasteiger partial charge in [0.25, 0.3) is 0 Å². The van der Waals surface area contributed by atoms with Gasteiger partial charge in [-0.1, -0.05) is 34.5 Å². The predicted molar refractivity (Wildman–Crippen MR) is 98.0 cm³/mol. The second-order valence-electron chi connectivity index (χ2n) is 6.04. The standard InChI is InChI=1S/C18H17ClN2O3S/c1-10-6-11(2)18(12(3)7-10)15-9-16(24-21-15)13-4-5-17(14(19)8-13)25(20,22)23/h4-9H,1-3H3,(H2,20,22,23). The molecule has 1 aromatic heterocycles. The Hall–Kier alpha value is -2.15.